The molecule has 0 aromatic heterocycles. The van der Waals surface area contributed by atoms with Crippen LogP contribution in [-0.4, -0.2) is 62.2 Å². The Balaban J connectivity index is 1.53. The Kier molecular flexibility index (Phi) is 8.94. The predicted molar refractivity (Wildman–Crippen MR) is 121 cm³/mol. The summed E-state index contributed by atoms with van der Waals surface area (Å²) < 4.78 is 20.3. The number of piperidine rings is 1. The van der Waals surface area contributed by atoms with E-state index in [-0.39, 0.29) is 5.82 Å². The molecule has 0 unspecified atom stereocenters. The van der Waals surface area contributed by atoms with Crippen LogP contribution in [0.5, 0.6) is 0 Å². The van der Waals surface area contributed by atoms with E-state index in [1.165, 1.54) is 25.7 Å². The largest absolute Gasteiger partial charge is 0.378 e. The molecule has 1 N–H and O–H groups in total. The molecule has 0 bridgehead atoms. The number of hydrogen-bond donors (Lipinski definition) is 1. The average molecular weight is 419 g/mol. The minimum Gasteiger partial charge on any atom is -0.378 e. The summed E-state index contributed by atoms with van der Waals surface area (Å²) in [6.07, 6.45) is 7.93. The van der Waals surface area contributed by atoms with Gasteiger partial charge in [-0.25, -0.2) is 9.38 Å². The number of hydrogen-bond acceptors (Lipinski definition) is 3. The molecule has 0 radical (unpaired) electrons. The van der Waals surface area contributed by atoms with Gasteiger partial charge >= 0.3 is 0 Å². The number of aliphatic imine (C=N–C) groups is 1. The van der Waals surface area contributed by atoms with Gasteiger partial charge in [0.25, 0.3) is 0 Å². The summed E-state index contributed by atoms with van der Waals surface area (Å²) in [4.78, 5) is 9.16. The summed E-state index contributed by atoms with van der Waals surface area (Å²) in [5.74, 6) is 1.59. The van der Waals surface area contributed by atoms with Crippen molar-refractivity contribution in [3.8, 4) is 0 Å². The summed E-state index contributed by atoms with van der Waals surface area (Å²) >= 11 is 0. The van der Waals surface area contributed by atoms with Crippen LogP contribution in [-0.2, 0) is 17.8 Å². The third-order valence-corrected chi connectivity index (χ3v) is 6.13. The Morgan fingerprint density at radius 2 is 1.93 bits per heavy atom. The molecule has 168 valence electrons. The number of halogens is 1. The second-order valence-electron chi connectivity index (χ2n) is 9.00. The maximum Gasteiger partial charge on any atom is 0.194 e. The summed E-state index contributed by atoms with van der Waals surface area (Å²) in [6, 6.07) is 5.33. The fourth-order valence-electron chi connectivity index (χ4n) is 4.46. The van der Waals surface area contributed by atoms with Crippen molar-refractivity contribution in [2.45, 2.75) is 64.6 Å². The molecule has 3 rings (SSSR count). The van der Waals surface area contributed by atoms with E-state index in [0.29, 0.717) is 19.2 Å². The van der Waals surface area contributed by atoms with Gasteiger partial charge in [0.15, 0.2) is 5.96 Å². The molecule has 1 saturated carbocycles. The van der Waals surface area contributed by atoms with Crippen molar-refractivity contribution >= 4 is 5.96 Å². The monoisotopic (exact) mass is 418 g/mol. The summed E-state index contributed by atoms with van der Waals surface area (Å²) in [7, 11) is 3.91. The van der Waals surface area contributed by atoms with Crippen molar-refractivity contribution in [2.75, 3.05) is 40.3 Å². The minimum absolute atomic E-state index is 0.150. The fraction of sp³-hybridized carbons (Fsp3) is 0.708. The van der Waals surface area contributed by atoms with Crippen LogP contribution in [0.25, 0.3) is 0 Å². The number of likely N-dealkylation sites (tertiary alicyclic amines) is 1. The lowest BCUT2D eigenvalue weighted by molar-refractivity contribution is 0.00101. The average Bonchev–Trinajstić information content (AvgIpc) is 3.25. The number of benzene rings is 1. The molecule has 1 saturated heterocycles. The van der Waals surface area contributed by atoms with E-state index in [2.05, 4.69) is 17.1 Å². The topological polar surface area (TPSA) is 40.1 Å². The van der Waals surface area contributed by atoms with Gasteiger partial charge in [0, 0.05) is 38.3 Å². The highest BCUT2D eigenvalue weighted by molar-refractivity contribution is 5.80. The molecule has 0 spiro atoms. The second-order valence-corrected chi connectivity index (χ2v) is 9.00. The first-order valence-electron chi connectivity index (χ1n) is 11.6. The summed E-state index contributed by atoms with van der Waals surface area (Å²) in [5, 5.41) is 3.43. The molecule has 1 aliphatic carbocycles. The SMILES string of the molecule is CCNC(=NCc1ccc(F)c(CN(C)C)c1)N1CCC(OCC2CCCC2)CC1. The zero-order chi connectivity index (χ0) is 21.3. The highest BCUT2D eigenvalue weighted by atomic mass is 19.1. The number of ether oxygens (including phenoxy) is 1. The molecule has 5 nitrogen and oxygen atoms in total. The van der Waals surface area contributed by atoms with Crippen LogP contribution in [0.4, 0.5) is 4.39 Å². The van der Waals surface area contributed by atoms with E-state index >= 15 is 0 Å². The molecule has 1 aromatic rings. The van der Waals surface area contributed by atoms with Gasteiger partial charge in [-0.3, -0.25) is 0 Å². The predicted octanol–water partition coefficient (Wildman–Crippen LogP) is 4.02. The third-order valence-electron chi connectivity index (χ3n) is 6.13. The Morgan fingerprint density at radius 3 is 2.60 bits per heavy atom. The van der Waals surface area contributed by atoms with Crippen molar-refractivity contribution in [3.05, 3.63) is 35.1 Å². The van der Waals surface area contributed by atoms with Crippen molar-refractivity contribution < 1.29 is 9.13 Å². The number of nitrogens with zero attached hydrogens (tertiary/aromatic N) is 3. The van der Waals surface area contributed by atoms with Crippen LogP contribution >= 0.6 is 0 Å². The lowest BCUT2D eigenvalue weighted by Crippen LogP contribution is -2.47. The van der Waals surface area contributed by atoms with Crippen LogP contribution < -0.4 is 5.32 Å². The zero-order valence-corrected chi connectivity index (χ0v) is 19.0. The Labute approximate surface area is 181 Å². The highest BCUT2D eigenvalue weighted by Crippen LogP contribution is 2.26. The lowest BCUT2D eigenvalue weighted by atomic mass is 10.1. The van der Waals surface area contributed by atoms with Gasteiger partial charge in [-0.2, -0.15) is 0 Å². The molecule has 30 heavy (non-hydrogen) atoms. The van der Waals surface area contributed by atoms with E-state index in [1.807, 2.05) is 31.1 Å². The number of nitrogens with one attached hydrogen (secondary N) is 1. The van der Waals surface area contributed by atoms with Crippen molar-refractivity contribution in [3.63, 3.8) is 0 Å². The molecular formula is C24H39FN4O. The quantitative estimate of drug-likeness (QED) is 0.511. The van der Waals surface area contributed by atoms with Gasteiger partial charge < -0.3 is 19.9 Å². The van der Waals surface area contributed by atoms with Crippen LogP contribution in [0.15, 0.2) is 23.2 Å². The first-order chi connectivity index (χ1) is 14.5. The standard InChI is InChI=1S/C24H39FN4O/c1-4-26-24(27-16-20-9-10-23(25)21(15-20)17-28(2)3)29-13-11-22(12-14-29)30-18-19-7-5-6-8-19/h9-10,15,19,22H,4-8,11-14,16-18H2,1-3H3,(H,26,27). The first-order valence-corrected chi connectivity index (χ1v) is 11.6. The third kappa shape index (κ3) is 6.95. The molecule has 6 heteroatoms. The van der Waals surface area contributed by atoms with Gasteiger partial charge in [0.1, 0.15) is 5.82 Å². The fourth-order valence-corrected chi connectivity index (χ4v) is 4.46. The van der Waals surface area contributed by atoms with E-state index in [9.17, 15) is 4.39 Å². The number of guanidine groups is 1. The molecular weight excluding hydrogens is 379 g/mol. The van der Waals surface area contributed by atoms with Crippen LogP contribution in [0.2, 0.25) is 0 Å². The van der Waals surface area contributed by atoms with Gasteiger partial charge in [0.2, 0.25) is 0 Å². The molecule has 0 amide bonds. The molecule has 1 aliphatic heterocycles. The van der Waals surface area contributed by atoms with Crippen LogP contribution in [0.1, 0.15) is 56.6 Å². The lowest BCUT2D eigenvalue weighted by Gasteiger charge is -2.34. The van der Waals surface area contributed by atoms with Crippen LogP contribution in [0.3, 0.4) is 0 Å². The molecule has 1 heterocycles. The van der Waals surface area contributed by atoms with E-state index in [1.54, 1.807) is 6.07 Å². The number of rotatable bonds is 8. The second kappa shape index (κ2) is 11.7. The van der Waals surface area contributed by atoms with E-state index in [0.717, 1.165) is 62.1 Å². The Bertz CT molecular complexity index is 680. The zero-order valence-electron chi connectivity index (χ0n) is 19.0. The van der Waals surface area contributed by atoms with E-state index in [4.69, 9.17) is 9.73 Å². The summed E-state index contributed by atoms with van der Waals surface area (Å²) in [6.45, 7) is 6.97. The van der Waals surface area contributed by atoms with Crippen molar-refractivity contribution in [1.29, 1.82) is 0 Å². The molecule has 2 aliphatic rings. The van der Waals surface area contributed by atoms with Crippen molar-refractivity contribution in [2.24, 2.45) is 10.9 Å². The smallest absolute Gasteiger partial charge is 0.194 e. The Morgan fingerprint density at radius 1 is 1.20 bits per heavy atom. The first kappa shape index (κ1) is 23.0. The summed E-state index contributed by atoms with van der Waals surface area (Å²) in [5.41, 5.74) is 1.76. The maximum absolute atomic E-state index is 14.0. The van der Waals surface area contributed by atoms with Gasteiger partial charge in [-0.05, 0) is 70.3 Å². The highest BCUT2D eigenvalue weighted by Gasteiger charge is 2.24. The van der Waals surface area contributed by atoms with Gasteiger partial charge in [-0.15, -0.1) is 0 Å². The molecule has 0 atom stereocenters. The van der Waals surface area contributed by atoms with Crippen molar-refractivity contribution in [1.82, 2.24) is 15.1 Å². The molecule has 2 fully saturated rings. The minimum atomic E-state index is -0.150. The van der Waals surface area contributed by atoms with Gasteiger partial charge in [-0.1, -0.05) is 18.9 Å². The Hall–Kier alpha value is -1.66. The van der Waals surface area contributed by atoms with Crippen LogP contribution in [0, 0.1) is 11.7 Å². The molecule has 1 aromatic carbocycles. The maximum atomic E-state index is 14.0. The normalized spacial score (nSPS) is 19.1. The van der Waals surface area contributed by atoms with E-state index < -0.39 is 0 Å². The van der Waals surface area contributed by atoms with Gasteiger partial charge in [0.05, 0.1) is 12.6 Å².